The molecule has 0 aliphatic carbocycles. The lowest BCUT2D eigenvalue weighted by molar-refractivity contribution is -0.159. The van der Waals surface area contributed by atoms with E-state index < -0.39 is 21.8 Å². The third kappa shape index (κ3) is 5.92. The van der Waals surface area contributed by atoms with Crippen molar-refractivity contribution in [1.29, 1.82) is 0 Å². The number of hydroxylamine groups is 2. The van der Waals surface area contributed by atoms with Gasteiger partial charge in [0.1, 0.15) is 6.04 Å². The van der Waals surface area contributed by atoms with Crippen LogP contribution in [0, 0.1) is 20.8 Å². The van der Waals surface area contributed by atoms with Gasteiger partial charge in [0.2, 0.25) is 16.4 Å². The summed E-state index contributed by atoms with van der Waals surface area (Å²) in [5.41, 5.74) is 5.26. The lowest BCUT2D eigenvalue weighted by Crippen LogP contribution is -2.44. The van der Waals surface area contributed by atoms with Crippen LogP contribution in [0.2, 0.25) is 0 Å². The summed E-state index contributed by atoms with van der Waals surface area (Å²) in [4.78, 5) is 15.1. The van der Waals surface area contributed by atoms with Crippen LogP contribution in [-0.2, 0) is 26.2 Å². The van der Waals surface area contributed by atoms with Gasteiger partial charge in [0.15, 0.2) is 0 Å². The third-order valence-electron chi connectivity index (χ3n) is 5.96. The molecule has 2 heterocycles. The largest absolute Gasteiger partial charge is 0.373 e. The van der Waals surface area contributed by atoms with Crippen molar-refractivity contribution in [2.75, 3.05) is 18.8 Å². The highest BCUT2D eigenvalue weighted by atomic mass is 32.2. The van der Waals surface area contributed by atoms with Gasteiger partial charge in [-0.2, -0.15) is 0 Å². The first-order valence-corrected chi connectivity index (χ1v) is 12.3. The van der Waals surface area contributed by atoms with Gasteiger partial charge in [0.25, 0.3) is 0 Å². The summed E-state index contributed by atoms with van der Waals surface area (Å²) in [6.45, 7) is 7.42. The second-order valence-corrected chi connectivity index (χ2v) is 10.4. The number of pyridine rings is 1. The molecule has 1 aliphatic rings. The molecule has 32 heavy (non-hydrogen) atoms. The van der Waals surface area contributed by atoms with Crippen LogP contribution in [0.3, 0.4) is 0 Å². The Balaban J connectivity index is 1.59. The maximum atomic E-state index is 13.0. The van der Waals surface area contributed by atoms with Crippen LogP contribution in [0.15, 0.2) is 36.7 Å². The molecule has 0 saturated carbocycles. The zero-order valence-electron chi connectivity index (χ0n) is 18.8. The van der Waals surface area contributed by atoms with Crippen molar-refractivity contribution >= 4 is 16.4 Å². The quantitative estimate of drug-likeness (QED) is 0.350. The number of aromatic nitrogens is 1. The minimum absolute atomic E-state index is 0.0139. The molecule has 1 N–H and O–H groups in total. The molecule has 1 aromatic heterocycles. The Hall–Kier alpha value is -2.33. The van der Waals surface area contributed by atoms with Crippen LogP contribution < -0.4 is 0 Å². The van der Waals surface area contributed by atoms with E-state index in [0.29, 0.717) is 43.2 Å². The van der Waals surface area contributed by atoms with Gasteiger partial charge in [-0.15, -0.1) is 0 Å². The summed E-state index contributed by atoms with van der Waals surface area (Å²) < 4.78 is 33.5. The van der Waals surface area contributed by atoms with E-state index in [-0.39, 0.29) is 12.5 Å². The number of nitrogens with zero attached hydrogens (tertiary/aromatic N) is 3. The highest BCUT2D eigenvalue weighted by Gasteiger charge is 2.33. The molecule has 1 unspecified atom stereocenters. The van der Waals surface area contributed by atoms with Crippen LogP contribution >= 0.6 is 0 Å². The van der Waals surface area contributed by atoms with Gasteiger partial charge in [0, 0.05) is 25.5 Å². The number of carbonyl (C=O) groups excluding carboxylic acids is 1. The zero-order chi connectivity index (χ0) is 23.3. The zero-order valence-corrected chi connectivity index (χ0v) is 19.6. The van der Waals surface area contributed by atoms with Crippen molar-refractivity contribution in [3.8, 4) is 0 Å². The molecule has 1 aliphatic heterocycles. The van der Waals surface area contributed by atoms with E-state index in [9.17, 15) is 18.4 Å². The molecule has 9 heteroatoms. The van der Waals surface area contributed by atoms with Gasteiger partial charge < -0.3 is 4.74 Å². The Bertz CT molecular complexity index is 998. The Labute approximate surface area is 189 Å². The molecule has 2 aromatic rings. The Kier molecular flexibility index (Phi) is 8.00. The summed E-state index contributed by atoms with van der Waals surface area (Å²) in [5.74, 6) is -0.415. The molecule has 0 radical (unpaired) electrons. The number of piperidine rings is 1. The number of aryl methyl sites for hydroxylation is 3. The van der Waals surface area contributed by atoms with E-state index in [1.807, 2.05) is 0 Å². The Morgan fingerprint density at radius 1 is 1.25 bits per heavy atom. The molecule has 3 rings (SSSR count). The van der Waals surface area contributed by atoms with Crippen LogP contribution in [0.5, 0.6) is 0 Å². The summed E-state index contributed by atoms with van der Waals surface area (Å²) in [7, 11) is -3.71. The van der Waals surface area contributed by atoms with Crippen LogP contribution in [0.25, 0.3) is 0 Å². The highest BCUT2D eigenvalue weighted by molar-refractivity contribution is 7.89. The van der Waals surface area contributed by atoms with Crippen LogP contribution in [0.1, 0.15) is 46.7 Å². The maximum absolute atomic E-state index is 13.0. The molecule has 1 amide bonds. The van der Waals surface area contributed by atoms with E-state index in [1.165, 1.54) is 32.8 Å². The van der Waals surface area contributed by atoms with Gasteiger partial charge in [0.05, 0.1) is 18.5 Å². The lowest BCUT2D eigenvalue weighted by Gasteiger charge is -2.33. The van der Waals surface area contributed by atoms with Gasteiger partial charge in [-0.25, -0.2) is 17.8 Å². The first-order chi connectivity index (χ1) is 15.2. The molecule has 1 atom stereocenters. The van der Waals surface area contributed by atoms with Crippen LogP contribution in [0.4, 0.5) is 0 Å². The number of hydrogen-bond donors (Lipinski definition) is 1. The van der Waals surface area contributed by atoms with Crippen molar-refractivity contribution < 1.29 is 23.2 Å². The number of ether oxygens (including phenoxy) is 1. The van der Waals surface area contributed by atoms with Gasteiger partial charge in [-0.3, -0.25) is 15.0 Å². The topological polar surface area (TPSA) is 100 Å². The van der Waals surface area contributed by atoms with Gasteiger partial charge in [-0.05, 0) is 61.9 Å². The van der Waals surface area contributed by atoms with Gasteiger partial charge >= 0.3 is 0 Å². The average Bonchev–Trinajstić information content (AvgIpc) is 2.77. The van der Waals surface area contributed by atoms with Crippen molar-refractivity contribution in [1.82, 2.24) is 14.4 Å². The van der Waals surface area contributed by atoms with Crippen LogP contribution in [-0.4, -0.2) is 59.3 Å². The second kappa shape index (κ2) is 10.5. The number of rotatable bonds is 9. The minimum atomic E-state index is -3.71. The molecule has 1 fully saturated rings. The monoisotopic (exact) mass is 461 g/mol. The molecule has 0 bridgehead atoms. The van der Waals surface area contributed by atoms with Crippen molar-refractivity contribution in [2.45, 2.75) is 52.4 Å². The first-order valence-electron chi connectivity index (χ1n) is 10.7. The molecule has 8 nitrogen and oxygen atoms in total. The fraction of sp³-hybridized carbons (Fsp3) is 0.478. The number of amides is 1. The predicted octanol–water partition coefficient (Wildman–Crippen LogP) is 2.91. The van der Waals surface area contributed by atoms with E-state index >= 15 is 0 Å². The summed E-state index contributed by atoms with van der Waals surface area (Å²) >= 11 is 0. The molecule has 1 aromatic carbocycles. The first kappa shape index (κ1) is 24.3. The van der Waals surface area contributed by atoms with E-state index in [2.05, 4.69) is 37.9 Å². The molecule has 0 spiro atoms. The smallest absolute Gasteiger partial charge is 0.233 e. The molecular weight excluding hydrogens is 430 g/mol. The molecule has 174 valence electrons. The fourth-order valence-corrected chi connectivity index (χ4v) is 5.91. The number of benzene rings is 1. The number of carbonyl (C=O) groups is 1. The fourth-order valence-electron chi connectivity index (χ4n) is 4.19. The minimum Gasteiger partial charge on any atom is -0.373 e. The average molecular weight is 462 g/mol. The SMILES string of the molecule is Cc1cc(C)c(COC2CCN(S(=O)(=O)CC(c3cccnc3)N(O)C=O)CC2)c(C)c1. The van der Waals surface area contributed by atoms with E-state index in [4.69, 9.17) is 4.74 Å². The summed E-state index contributed by atoms with van der Waals surface area (Å²) in [5, 5.41) is 10.3. The lowest BCUT2D eigenvalue weighted by atomic mass is 10.0. The predicted molar refractivity (Wildman–Crippen MR) is 120 cm³/mol. The Morgan fingerprint density at radius 2 is 1.91 bits per heavy atom. The number of hydrogen-bond acceptors (Lipinski definition) is 6. The third-order valence-corrected chi connectivity index (χ3v) is 7.85. The van der Waals surface area contributed by atoms with E-state index in [1.54, 1.807) is 18.3 Å². The normalized spacial score (nSPS) is 16.6. The maximum Gasteiger partial charge on any atom is 0.233 e. The summed E-state index contributed by atoms with van der Waals surface area (Å²) in [6.07, 6.45) is 4.38. The van der Waals surface area contributed by atoms with Crippen molar-refractivity contribution in [3.05, 3.63) is 64.5 Å². The standard InChI is InChI=1S/C23H31N3O5S/c1-17-11-18(2)22(19(3)12-17)14-31-21-6-9-25(10-7-21)32(29,30)15-23(26(28)16-27)20-5-4-8-24-13-20/h4-5,8,11-13,16,21,23,28H,6-7,9-10,14-15H2,1-3H3. The van der Waals surface area contributed by atoms with Crippen molar-refractivity contribution in [2.24, 2.45) is 0 Å². The highest BCUT2D eigenvalue weighted by Crippen LogP contribution is 2.25. The van der Waals surface area contributed by atoms with E-state index in [0.717, 1.165) is 0 Å². The number of sulfonamides is 1. The Morgan fingerprint density at radius 3 is 2.47 bits per heavy atom. The summed E-state index contributed by atoms with van der Waals surface area (Å²) in [6, 6.07) is 6.53. The van der Waals surface area contributed by atoms with Gasteiger partial charge in [-0.1, -0.05) is 23.8 Å². The second-order valence-electron chi connectivity index (χ2n) is 8.35. The van der Waals surface area contributed by atoms with Crippen molar-refractivity contribution in [3.63, 3.8) is 0 Å². The molecule has 1 saturated heterocycles. The molecular formula is C23H31N3O5S.